The van der Waals surface area contributed by atoms with Gasteiger partial charge in [0.15, 0.2) is 0 Å². The maximum atomic E-state index is 13.5. The van der Waals surface area contributed by atoms with Crippen molar-refractivity contribution in [2.75, 3.05) is 13.1 Å². The molecule has 0 aromatic carbocycles. The Labute approximate surface area is 136 Å². The summed E-state index contributed by atoms with van der Waals surface area (Å²) in [5.74, 6) is 1.60. The monoisotopic (exact) mass is 318 g/mol. The summed E-state index contributed by atoms with van der Waals surface area (Å²) in [4.78, 5) is 16.9. The van der Waals surface area contributed by atoms with Crippen molar-refractivity contribution in [2.45, 2.75) is 56.4 Å². The minimum Gasteiger partial charge on any atom is -0.341 e. The summed E-state index contributed by atoms with van der Waals surface area (Å²) in [7, 11) is 0. The van der Waals surface area contributed by atoms with Crippen LogP contribution in [0.1, 0.15) is 49.8 Å². The molecule has 3 nitrogen and oxygen atoms in total. The predicted octanol–water partition coefficient (Wildman–Crippen LogP) is 3.15. The van der Waals surface area contributed by atoms with Crippen molar-refractivity contribution in [1.29, 1.82) is 0 Å². The Bertz CT molecular complexity index is 535. The van der Waals surface area contributed by atoms with Crippen LogP contribution in [0.4, 0.5) is 0 Å². The van der Waals surface area contributed by atoms with Gasteiger partial charge in [-0.2, -0.15) is 0 Å². The van der Waals surface area contributed by atoms with Crippen LogP contribution in [0.2, 0.25) is 0 Å². The number of rotatable bonds is 2. The molecule has 22 heavy (non-hydrogen) atoms. The van der Waals surface area contributed by atoms with E-state index < -0.39 is 0 Å². The average molecular weight is 318 g/mol. The molecule has 0 radical (unpaired) electrons. The smallest absolute Gasteiger partial charge is 0.234 e. The summed E-state index contributed by atoms with van der Waals surface area (Å²) in [6.07, 6.45) is 8.06. The van der Waals surface area contributed by atoms with Crippen molar-refractivity contribution < 1.29 is 4.79 Å². The highest BCUT2D eigenvalue weighted by Crippen LogP contribution is 2.45. The van der Waals surface area contributed by atoms with Gasteiger partial charge in [0.1, 0.15) is 0 Å². The van der Waals surface area contributed by atoms with Crippen LogP contribution in [-0.4, -0.2) is 29.9 Å². The molecule has 3 atom stereocenters. The summed E-state index contributed by atoms with van der Waals surface area (Å²) in [6.45, 7) is 1.85. The highest BCUT2D eigenvalue weighted by atomic mass is 32.1. The van der Waals surface area contributed by atoms with E-state index in [1.165, 1.54) is 30.6 Å². The zero-order valence-electron chi connectivity index (χ0n) is 13.2. The van der Waals surface area contributed by atoms with Crippen molar-refractivity contribution in [3.63, 3.8) is 0 Å². The fourth-order valence-corrected chi connectivity index (χ4v) is 6.03. The number of nitrogens with zero attached hydrogens (tertiary/aromatic N) is 1. The van der Waals surface area contributed by atoms with E-state index in [-0.39, 0.29) is 5.41 Å². The lowest BCUT2D eigenvalue weighted by Gasteiger charge is -2.38. The van der Waals surface area contributed by atoms with Crippen molar-refractivity contribution in [2.24, 2.45) is 17.6 Å². The molecule has 2 N–H and O–H groups in total. The highest BCUT2D eigenvalue weighted by Gasteiger charge is 2.49. The molecule has 1 aromatic rings. The molecule has 4 heteroatoms. The largest absolute Gasteiger partial charge is 0.341 e. The lowest BCUT2D eigenvalue weighted by atomic mass is 9.72. The van der Waals surface area contributed by atoms with E-state index in [1.54, 1.807) is 11.3 Å². The Morgan fingerprint density at radius 3 is 2.73 bits per heavy atom. The standard InChI is InChI=1S/C18H26N2OS/c19-15-7-6-13-11-20(12-14(13)15)17(21)18(8-2-1-3-9-18)16-5-4-10-22-16/h4-5,10,13-15H,1-3,6-9,11-12,19H2. The van der Waals surface area contributed by atoms with Gasteiger partial charge in [-0.3, -0.25) is 4.79 Å². The van der Waals surface area contributed by atoms with E-state index in [4.69, 9.17) is 5.73 Å². The summed E-state index contributed by atoms with van der Waals surface area (Å²) in [6, 6.07) is 4.58. The van der Waals surface area contributed by atoms with Gasteiger partial charge < -0.3 is 10.6 Å². The fraction of sp³-hybridized carbons (Fsp3) is 0.722. The molecule has 1 aliphatic heterocycles. The second-order valence-electron chi connectivity index (χ2n) is 7.50. The van der Waals surface area contributed by atoms with Crippen LogP contribution in [-0.2, 0) is 10.2 Å². The maximum absolute atomic E-state index is 13.5. The topological polar surface area (TPSA) is 46.3 Å². The van der Waals surface area contributed by atoms with Crippen LogP contribution in [0.15, 0.2) is 17.5 Å². The minimum absolute atomic E-state index is 0.227. The molecule has 2 heterocycles. The molecule has 2 aliphatic carbocycles. The van der Waals surface area contributed by atoms with Crippen LogP contribution >= 0.6 is 11.3 Å². The number of carbonyl (C=O) groups excluding carboxylic acids is 1. The maximum Gasteiger partial charge on any atom is 0.234 e. The first-order valence-corrected chi connectivity index (χ1v) is 9.68. The lowest BCUT2D eigenvalue weighted by Crippen LogP contribution is -2.47. The Kier molecular flexibility index (Phi) is 3.77. The average Bonchev–Trinajstić information content (AvgIpc) is 3.26. The van der Waals surface area contributed by atoms with Gasteiger partial charge in [0.05, 0.1) is 5.41 Å². The van der Waals surface area contributed by atoms with E-state index in [0.717, 1.165) is 32.4 Å². The summed E-state index contributed by atoms with van der Waals surface area (Å²) in [5.41, 5.74) is 6.03. The zero-order chi connectivity index (χ0) is 15.2. The Morgan fingerprint density at radius 1 is 1.23 bits per heavy atom. The number of amides is 1. The summed E-state index contributed by atoms with van der Waals surface area (Å²) in [5, 5.41) is 2.12. The van der Waals surface area contributed by atoms with Crippen molar-refractivity contribution in [1.82, 2.24) is 4.90 Å². The van der Waals surface area contributed by atoms with Crippen LogP contribution in [0.3, 0.4) is 0 Å². The van der Waals surface area contributed by atoms with E-state index in [9.17, 15) is 4.79 Å². The third-order valence-electron chi connectivity index (χ3n) is 6.31. The van der Waals surface area contributed by atoms with Crippen LogP contribution in [0.5, 0.6) is 0 Å². The number of thiophene rings is 1. The third kappa shape index (κ3) is 2.23. The lowest BCUT2D eigenvalue weighted by molar-refractivity contribution is -0.138. The molecular weight excluding hydrogens is 292 g/mol. The van der Waals surface area contributed by atoms with Gasteiger partial charge in [-0.15, -0.1) is 11.3 Å². The fourth-order valence-electron chi connectivity index (χ4n) is 5.05. The number of carbonyl (C=O) groups is 1. The van der Waals surface area contributed by atoms with Gasteiger partial charge in [0.25, 0.3) is 0 Å². The van der Waals surface area contributed by atoms with Gasteiger partial charge in [0, 0.05) is 24.0 Å². The Morgan fingerprint density at radius 2 is 2.05 bits per heavy atom. The second-order valence-corrected chi connectivity index (χ2v) is 8.44. The van der Waals surface area contributed by atoms with Crippen molar-refractivity contribution in [3.8, 4) is 0 Å². The molecular formula is C18H26N2OS. The van der Waals surface area contributed by atoms with Gasteiger partial charge in [0.2, 0.25) is 5.91 Å². The Balaban J connectivity index is 1.59. The second kappa shape index (κ2) is 5.64. The van der Waals surface area contributed by atoms with Gasteiger partial charge in [-0.1, -0.05) is 25.3 Å². The van der Waals surface area contributed by atoms with E-state index in [0.29, 0.717) is 23.8 Å². The number of hydrogen-bond acceptors (Lipinski definition) is 3. The van der Waals surface area contributed by atoms with Crippen LogP contribution < -0.4 is 5.73 Å². The van der Waals surface area contributed by atoms with E-state index in [2.05, 4.69) is 22.4 Å². The molecule has 3 unspecified atom stereocenters. The minimum atomic E-state index is -0.227. The quantitative estimate of drug-likeness (QED) is 0.910. The molecule has 0 bridgehead atoms. The van der Waals surface area contributed by atoms with Crippen molar-refractivity contribution >= 4 is 17.2 Å². The highest BCUT2D eigenvalue weighted by molar-refractivity contribution is 7.10. The molecule has 3 aliphatic rings. The molecule has 0 spiro atoms. The van der Waals surface area contributed by atoms with Gasteiger partial charge in [-0.05, 0) is 49.0 Å². The number of nitrogens with two attached hydrogens (primary N) is 1. The summed E-state index contributed by atoms with van der Waals surface area (Å²) >= 11 is 1.77. The first kappa shape index (κ1) is 14.7. The molecule has 1 saturated heterocycles. The number of likely N-dealkylation sites (tertiary alicyclic amines) is 1. The molecule has 3 fully saturated rings. The SMILES string of the molecule is NC1CCC2CN(C(=O)C3(c4cccs4)CCCCC3)CC12. The first-order chi connectivity index (χ1) is 10.7. The Hall–Kier alpha value is -0.870. The molecule has 4 rings (SSSR count). The zero-order valence-corrected chi connectivity index (χ0v) is 14.0. The molecule has 1 aromatic heterocycles. The molecule has 2 saturated carbocycles. The number of fused-ring (bicyclic) bond motifs is 1. The first-order valence-electron chi connectivity index (χ1n) is 8.80. The van der Waals surface area contributed by atoms with Gasteiger partial charge >= 0.3 is 0 Å². The van der Waals surface area contributed by atoms with Gasteiger partial charge in [-0.25, -0.2) is 0 Å². The number of hydrogen-bond donors (Lipinski definition) is 1. The predicted molar refractivity (Wildman–Crippen MR) is 89.9 cm³/mol. The van der Waals surface area contributed by atoms with Crippen LogP contribution in [0.25, 0.3) is 0 Å². The van der Waals surface area contributed by atoms with Crippen LogP contribution in [0, 0.1) is 11.8 Å². The normalized spacial score (nSPS) is 33.9. The van der Waals surface area contributed by atoms with Crippen molar-refractivity contribution in [3.05, 3.63) is 22.4 Å². The molecule has 1 amide bonds. The van der Waals surface area contributed by atoms with E-state index in [1.807, 2.05) is 0 Å². The summed E-state index contributed by atoms with van der Waals surface area (Å²) < 4.78 is 0. The van der Waals surface area contributed by atoms with E-state index >= 15 is 0 Å². The molecule has 120 valence electrons. The third-order valence-corrected chi connectivity index (χ3v) is 7.38.